The summed E-state index contributed by atoms with van der Waals surface area (Å²) in [6.07, 6.45) is -0.664. The number of nitrogens with zero attached hydrogens (tertiary/aromatic N) is 1. The number of benzene rings is 1. The molecule has 0 heterocycles. The molecule has 0 aliphatic heterocycles. The van der Waals surface area contributed by atoms with E-state index in [1.54, 1.807) is 25.7 Å². The van der Waals surface area contributed by atoms with Crippen molar-refractivity contribution in [3.05, 3.63) is 34.9 Å². The van der Waals surface area contributed by atoms with Crippen molar-refractivity contribution in [2.45, 2.75) is 112 Å². The second-order valence-electron chi connectivity index (χ2n) is 11.7. The van der Waals surface area contributed by atoms with Gasteiger partial charge in [-0.25, -0.2) is 4.79 Å². The highest BCUT2D eigenvalue weighted by molar-refractivity contribution is 5.93. The third-order valence-corrected chi connectivity index (χ3v) is 5.23. The average Bonchev–Trinajstić information content (AvgIpc) is 2.62. The van der Waals surface area contributed by atoms with E-state index >= 15 is 0 Å². The summed E-state index contributed by atoms with van der Waals surface area (Å²) in [7, 11) is 0. The molecule has 1 rings (SSSR count). The van der Waals surface area contributed by atoms with Crippen LogP contribution in [0.15, 0.2) is 18.2 Å². The van der Waals surface area contributed by atoms with Crippen molar-refractivity contribution in [1.29, 1.82) is 0 Å². The molecule has 0 saturated heterocycles. The first-order valence-corrected chi connectivity index (χ1v) is 12.1. The van der Waals surface area contributed by atoms with Gasteiger partial charge in [-0.2, -0.15) is 0 Å². The lowest BCUT2D eigenvalue weighted by Gasteiger charge is -2.44. The van der Waals surface area contributed by atoms with Gasteiger partial charge in [0, 0.05) is 11.6 Å². The molecule has 0 aromatic heterocycles. The van der Waals surface area contributed by atoms with E-state index < -0.39 is 29.3 Å². The monoisotopic (exact) mass is 475 g/mol. The van der Waals surface area contributed by atoms with E-state index in [-0.39, 0.29) is 23.8 Å². The van der Waals surface area contributed by atoms with Crippen LogP contribution in [-0.4, -0.2) is 46.0 Å². The highest BCUT2D eigenvalue weighted by atomic mass is 16.6. The number of amides is 3. The van der Waals surface area contributed by atoms with Gasteiger partial charge >= 0.3 is 6.09 Å². The fourth-order valence-corrected chi connectivity index (χ4v) is 3.76. The number of ether oxygens (including phenoxy) is 1. The predicted molar refractivity (Wildman–Crippen MR) is 137 cm³/mol. The summed E-state index contributed by atoms with van der Waals surface area (Å²) in [5.41, 5.74) is 1.27. The molecular weight excluding hydrogens is 430 g/mol. The SMILES string of the molecule is Cc1ccc(C)c(C(C(=O)NC(C)C)N(C(=O)C(NC(=O)OC(C)(C)C)C(C)C)C(C)(C)C)c1. The number of rotatable bonds is 7. The summed E-state index contributed by atoms with van der Waals surface area (Å²) in [6, 6.07) is 4.07. The number of hydrogen-bond acceptors (Lipinski definition) is 4. The molecule has 2 unspecified atom stereocenters. The van der Waals surface area contributed by atoms with Gasteiger partial charge in [-0.1, -0.05) is 37.6 Å². The van der Waals surface area contributed by atoms with Crippen molar-refractivity contribution >= 4 is 17.9 Å². The summed E-state index contributed by atoms with van der Waals surface area (Å²) < 4.78 is 5.41. The molecule has 0 saturated carbocycles. The fourth-order valence-electron chi connectivity index (χ4n) is 3.76. The Hall–Kier alpha value is -2.57. The van der Waals surface area contributed by atoms with E-state index in [0.29, 0.717) is 0 Å². The van der Waals surface area contributed by atoms with Crippen LogP contribution >= 0.6 is 0 Å². The Morgan fingerprint density at radius 2 is 1.47 bits per heavy atom. The number of carbonyl (C=O) groups is 3. The molecule has 0 spiro atoms. The smallest absolute Gasteiger partial charge is 0.408 e. The van der Waals surface area contributed by atoms with E-state index in [0.717, 1.165) is 16.7 Å². The molecule has 0 aliphatic carbocycles. The van der Waals surface area contributed by atoms with Gasteiger partial charge in [-0.15, -0.1) is 0 Å². The molecular formula is C27H45N3O4. The zero-order chi connectivity index (χ0) is 26.6. The fraction of sp³-hybridized carbons (Fsp3) is 0.667. The maximum atomic E-state index is 14.1. The standard InChI is InChI=1S/C27H45N3O4/c1-16(2)21(29-25(33)34-27(10,11)12)24(32)30(26(7,8)9)22(23(31)28-17(3)4)20-15-18(5)13-14-19(20)6/h13-17,21-22H,1-12H3,(H,28,31)(H,29,33). The average molecular weight is 476 g/mol. The van der Waals surface area contributed by atoms with Crippen molar-refractivity contribution in [2.75, 3.05) is 0 Å². The Labute approximate surface area is 206 Å². The van der Waals surface area contributed by atoms with Crippen molar-refractivity contribution in [3.8, 4) is 0 Å². The topological polar surface area (TPSA) is 87.7 Å². The quantitative estimate of drug-likeness (QED) is 0.578. The molecule has 0 aliphatic rings. The van der Waals surface area contributed by atoms with Crippen LogP contribution in [0.25, 0.3) is 0 Å². The summed E-state index contributed by atoms with van der Waals surface area (Å²) in [5.74, 6) is -0.817. The van der Waals surface area contributed by atoms with Crippen LogP contribution in [0.4, 0.5) is 4.79 Å². The van der Waals surface area contributed by atoms with E-state index in [1.165, 1.54) is 0 Å². The van der Waals surface area contributed by atoms with E-state index in [4.69, 9.17) is 4.74 Å². The van der Waals surface area contributed by atoms with Gasteiger partial charge in [0.2, 0.25) is 11.8 Å². The maximum Gasteiger partial charge on any atom is 0.408 e. The zero-order valence-electron chi connectivity index (χ0n) is 23.1. The summed E-state index contributed by atoms with van der Waals surface area (Å²) in [5, 5.41) is 5.74. The van der Waals surface area contributed by atoms with Gasteiger partial charge < -0.3 is 20.3 Å². The number of nitrogens with one attached hydrogen (secondary N) is 2. The molecule has 0 radical (unpaired) electrons. The van der Waals surface area contributed by atoms with Crippen LogP contribution < -0.4 is 10.6 Å². The Kier molecular flexibility index (Phi) is 9.74. The van der Waals surface area contributed by atoms with Gasteiger partial charge in [0.05, 0.1) is 0 Å². The molecule has 2 N–H and O–H groups in total. The van der Waals surface area contributed by atoms with Crippen molar-refractivity contribution in [2.24, 2.45) is 5.92 Å². The third kappa shape index (κ3) is 8.33. The number of hydrogen-bond donors (Lipinski definition) is 2. The lowest BCUT2D eigenvalue weighted by molar-refractivity contribution is -0.149. The lowest BCUT2D eigenvalue weighted by atomic mass is 9.90. The first kappa shape index (κ1) is 29.5. The highest BCUT2D eigenvalue weighted by Crippen LogP contribution is 2.33. The normalized spacial score (nSPS) is 13.9. The third-order valence-electron chi connectivity index (χ3n) is 5.23. The second-order valence-corrected chi connectivity index (χ2v) is 11.7. The number of alkyl carbamates (subject to hydrolysis) is 1. The van der Waals surface area contributed by atoms with Gasteiger partial charge in [-0.3, -0.25) is 9.59 Å². The van der Waals surface area contributed by atoms with Crippen LogP contribution in [0.3, 0.4) is 0 Å². The molecule has 2 atom stereocenters. The van der Waals surface area contributed by atoms with Gasteiger partial charge in [0.1, 0.15) is 17.7 Å². The highest BCUT2D eigenvalue weighted by Gasteiger charge is 2.43. The van der Waals surface area contributed by atoms with Crippen molar-refractivity contribution in [3.63, 3.8) is 0 Å². The minimum Gasteiger partial charge on any atom is -0.444 e. The van der Waals surface area contributed by atoms with Crippen LogP contribution in [0.5, 0.6) is 0 Å². The molecule has 7 heteroatoms. The summed E-state index contributed by atoms with van der Waals surface area (Å²) in [4.78, 5) is 41.9. The van der Waals surface area contributed by atoms with E-state index in [2.05, 4.69) is 10.6 Å². The molecule has 0 bridgehead atoms. The first-order chi connectivity index (χ1) is 15.3. The Morgan fingerprint density at radius 1 is 0.912 bits per heavy atom. The maximum absolute atomic E-state index is 14.1. The second kappa shape index (κ2) is 11.2. The molecule has 3 amide bonds. The number of aryl methyl sites for hydroxylation is 2. The molecule has 34 heavy (non-hydrogen) atoms. The molecule has 1 aromatic carbocycles. The number of carbonyl (C=O) groups excluding carboxylic acids is 3. The largest absolute Gasteiger partial charge is 0.444 e. The van der Waals surface area contributed by atoms with Gasteiger partial charge in [-0.05, 0) is 86.3 Å². The van der Waals surface area contributed by atoms with Crippen molar-refractivity contribution < 1.29 is 19.1 Å². The van der Waals surface area contributed by atoms with Gasteiger partial charge in [0.25, 0.3) is 0 Å². The molecule has 1 aromatic rings. The summed E-state index contributed by atoms with van der Waals surface area (Å²) >= 11 is 0. The Bertz CT molecular complexity index is 879. The first-order valence-electron chi connectivity index (χ1n) is 12.1. The molecule has 192 valence electrons. The predicted octanol–water partition coefficient (Wildman–Crippen LogP) is 5.05. The summed E-state index contributed by atoms with van der Waals surface area (Å²) in [6.45, 7) is 22.4. The molecule has 7 nitrogen and oxygen atoms in total. The van der Waals surface area contributed by atoms with Crippen LogP contribution in [-0.2, 0) is 14.3 Å². The zero-order valence-corrected chi connectivity index (χ0v) is 23.1. The van der Waals surface area contributed by atoms with Crippen molar-refractivity contribution in [1.82, 2.24) is 15.5 Å². The van der Waals surface area contributed by atoms with E-state index in [1.807, 2.05) is 80.5 Å². The Balaban J connectivity index is 3.63. The van der Waals surface area contributed by atoms with Gasteiger partial charge in [0.15, 0.2) is 0 Å². The lowest BCUT2D eigenvalue weighted by Crippen LogP contribution is -2.60. The molecule has 0 fully saturated rings. The van der Waals surface area contributed by atoms with Crippen LogP contribution in [0, 0.1) is 19.8 Å². The van der Waals surface area contributed by atoms with Crippen LogP contribution in [0.1, 0.15) is 92.0 Å². The minimum atomic E-state index is -0.867. The van der Waals surface area contributed by atoms with Crippen LogP contribution in [0.2, 0.25) is 0 Å². The van der Waals surface area contributed by atoms with E-state index in [9.17, 15) is 14.4 Å². The minimum absolute atomic E-state index is 0.0992. The Morgan fingerprint density at radius 3 is 1.91 bits per heavy atom.